The molecule has 0 aliphatic rings. The Hall–Kier alpha value is -1.88. The smallest absolute Gasteiger partial charge is 0.311 e. The van der Waals surface area contributed by atoms with Gasteiger partial charge >= 0.3 is 11.9 Å². The van der Waals surface area contributed by atoms with E-state index in [1.807, 2.05) is 0 Å². The fourth-order valence-electron chi connectivity index (χ4n) is 1.60. The number of halogens is 2. The molecule has 0 amide bonds. The molecule has 0 spiro atoms. The van der Waals surface area contributed by atoms with Crippen LogP contribution in [0.4, 0.5) is 4.39 Å². The van der Waals surface area contributed by atoms with Crippen molar-refractivity contribution in [3.8, 4) is 5.75 Å². The van der Waals surface area contributed by atoms with Gasteiger partial charge in [0, 0.05) is 0 Å². The summed E-state index contributed by atoms with van der Waals surface area (Å²) >= 11 is 5.73. The van der Waals surface area contributed by atoms with Crippen LogP contribution in [0.1, 0.15) is 32.1 Å². The van der Waals surface area contributed by atoms with Crippen molar-refractivity contribution in [2.45, 2.75) is 32.1 Å². The number of para-hydroxylation sites is 1. The first kappa shape index (κ1) is 18.2. The number of rotatable bonds is 9. The summed E-state index contributed by atoms with van der Waals surface area (Å²) in [7, 11) is 0. The first-order chi connectivity index (χ1) is 10.5. The highest BCUT2D eigenvalue weighted by atomic mass is 35.5. The van der Waals surface area contributed by atoms with Gasteiger partial charge in [0.25, 0.3) is 0 Å². The van der Waals surface area contributed by atoms with Gasteiger partial charge in [-0.25, -0.2) is 4.39 Å². The average Bonchev–Trinajstić information content (AvgIpc) is 2.49. The Morgan fingerprint density at radius 2 is 1.95 bits per heavy atom. The number of carbonyl (C=O) groups excluding carboxylic acids is 2. The third-order valence-electron chi connectivity index (χ3n) is 2.73. The second-order valence-corrected chi connectivity index (χ2v) is 4.94. The van der Waals surface area contributed by atoms with Crippen LogP contribution < -0.4 is 4.74 Å². The van der Waals surface area contributed by atoms with Gasteiger partial charge in [0.1, 0.15) is 0 Å². The molecule has 22 heavy (non-hydrogen) atoms. The Bertz CT molecular complexity index is 511. The summed E-state index contributed by atoms with van der Waals surface area (Å²) in [4.78, 5) is 23.0. The van der Waals surface area contributed by atoms with E-state index in [9.17, 15) is 14.0 Å². The minimum atomic E-state index is -0.740. The van der Waals surface area contributed by atoms with E-state index in [4.69, 9.17) is 21.1 Å². The molecule has 0 aromatic heterocycles. The molecule has 0 unspecified atom stereocenters. The Labute approximate surface area is 133 Å². The molecule has 0 aliphatic heterocycles. The molecule has 1 aromatic carbocycles. The molecule has 1 rings (SSSR count). The fraction of sp³-hybridized carbons (Fsp3) is 0.375. The molecule has 120 valence electrons. The third kappa shape index (κ3) is 6.72. The van der Waals surface area contributed by atoms with Crippen molar-refractivity contribution in [2.75, 3.05) is 6.61 Å². The second kappa shape index (κ2) is 9.95. The lowest BCUT2D eigenvalue weighted by Crippen LogP contribution is -2.13. The van der Waals surface area contributed by atoms with Crippen LogP contribution in [0.15, 0.2) is 30.9 Å². The van der Waals surface area contributed by atoms with Gasteiger partial charge in [0.15, 0.2) is 11.6 Å². The summed E-state index contributed by atoms with van der Waals surface area (Å²) in [6.45, 7) is 3.90. The number of esters is 2. The van der Waals surface area contributed by atoms with E-state index in [0.29, 0.717) is 6.61 Å². The van der Waals surface area contributed by atoms with Crippen LogP contribution in [0.2, 0.25) is 5.02 Å². The molecule has 6 heteroatoms. The van der Waals surface area contributed by atoms with E-state index in [0.717, 1.165) is 25.3 Å². The maximum Gasteiger partial charge on any atom is 0.311 e. The number of carbonyl (C=O) groups is 2. The first-order valence-corrected chi connectivity index (χ1v) is 7.33. The van der Waals surface area contributed by atoms with Gasteiger partial charge in [-0.05, 0) is 31.4 Å². The minimum absolute atomic E-state index is 0.00172. The number of unbranched alkanes of at least 4 members (excludes halogenated alkanes) is 2. The van der Waals surface area contributed by atoms with Crippen molar-refractivity contribution in [1.82, 2.24) is 0 Å². The monoisotopic (exact) mass is 328 g/mol. The molecule has 4 nitrogen and oxygen atoms in total. The van der Waals surface area contributed by atoms with Crippen LogP contribution in [0.25, 0.3) is 0 Å². The molecule has 0 bridgehead atoms. The summed E-state index contributed by atoms with van der Waals surface area (Å²) in [6.07, 6.45) is 3.99. The van der Waals surface area contributed by atoms with E-state index in [-0.39, 0.29) is 23.6 Å². The Balaban J connectivity index is 2.28. The summed E-state index contributed by atoms with van der Waals surface area (Å²) in [5.41, 5.74) is 0. The molecule has 0 saturated heterocycles. The quantitative estimate of drug-likeness (QED) is 0.297. The molecule has 0 atom stereocenters. The predicted octanol–water partition coefficient (Wildman–Crippen LogP) is 4.06. The summed E-state index contributed by atoms with van der Waals surface area (Å²) in [5, 5.41) is -0.00172. The van der Waals surface area contributed by atoms with Crippen LogP contribution in [-0.4, -0.2) is 18.5 Å². The van der Waals surface area contributed by atoms with Crippen molar-refractivity contribution in [3.63, 3.8) is 0 Å². The number of hydrogen-bond acceptors (Lipinski definition) is 4. The zero-order chi connectivity index (χ0) is 16.4. The first-order valence-electron chi connectivity index (χ1n) is 6.95. The molecule has 1 aromatic rings. The lowest BCUT2D eigenvalue weighted by Gasteiger charge is -2.07. The summed E-state index contributed by atoms with van der Waals surface area (Å²) in [6, 6.07) is 3.94. The second-order valence-electron chi connectivity index (χ2n) is 4.53. The van der Waals surface area contributed by atoms with Crippen molar-refractivity contribution >= 4 is 23.5 Å². The van der Waals surface area contributed by atoms with Crippen LogP contribution in [0.5, 0.6) is 5.75 Å². The number of benzene rings is 1. The van der Waals surface area contributed by atoms with E-state index >= 15 is 0 Å². The number of ether oxygens (including phenoxy) is 2. The van der Waals surface area contributed by atoms with Gasteiger partial charge in [-0.1, -0.05) is 23.7 Å². The standard InChI is InChI=1S/C16H18ClFO4/c1-2-3-4-5-11-21-14(19)9-10-15(20)22-16-12(17)7-6-8-13(16)18/h2,6-8H,1,3-5,9-11H2. The lowest BCUT2D eigenvalue weighted by atomic mass is 10.2. The summed E-state index contributed by atoms with van der Waals surface area (Å²) in [5.74, 6) is -2.29. The molecular formula is C16H18ClFO4. The third-order valence-corrected chi connectivity index (χ3v) is 3.03. The van der Waals surface area contributed by atoms with Crippen LogP contribution >= 0.6 is 11.6 Å². The van der Waals surface area contributed by atoms with Crippen LogP contribution in [-0.2, 0) is 14.3 Å². The molecule has 0 radical (unpaired) electrons. The summed E-state index contributed by atoms with van der Waals surface area (Å²) < 4.78 is 23.2. The Morgan fingerprint density at radius 1 is 1.23 bits per heavy atom. The number of hydrogen-bond donors (Lipinski definition) is 0. The van der Waals surface area contributed by atoms with E-state index < -0.39 is 17.8 Å². The zero-order valence-electron chi connectivity index (χ0n) is 12.1. The van der Waals surface area contributed by atoms with Crippen LogP contribution in [0, 0.1) is 5.82 Å². The maximum atomic E-state index is 13.4. The number of allylic oxidation sites excluding steroid dienone is 1. The topological polar surface area (TPSA) is 52.6 Å². The van der Waals surface area contributed by atoms with E-state index in [1.54, 1.807) is 6.08 Å². The van der Waals surface area contributed by atoms with Gasteiger partial charge in [-0.2, -0.15) is 0 Å². The normalized spacial score (nSPS) is 10.1. The molecule has 0 heterocycles. The maximum absolute atomic E-state index is 13.4. The minimum Gasteiger partial charge on any atom is -0.466 e. The highest BCUT2D eigenvalue weighted by Gasteiger charge is 2.15. The highest BCUT2D eigenvalue weighted by molar-refractivity contribution is 6.32. The van der Waals surface area contributed by atoms with Gasteiger partial charge in [0.05, 0.1) is 24.5 Å². The molecule has 0 aliphatic carbocycles. The van der Waals surface area contributed by atoms with Gasteiger partial charge in [0.2, 0.25) is 0 Å². The Kier molecular flexibility index (Phi) is 8.22. The Morgan fingerprint density at radius 3 is 2.64 bits per heavy atom. The predicted molar refractivity (Wildman–Crippen MR) is 81.3 cm³/mol. The van der Waals surface area contributed by atoms with Crippen LogP contribution in [0.3, 0.4) is 0 Å². The largest absolute Gasteiger partial charge is 0.466 e. The lowest BCUT2D eigenvalue weighted by molar-refractivity contribution is -0.147. The average molecular weight is 329 g/mol. The van der Waals surface area contributed by atoms with Gasteiger partial charge in [-0.3, -0.25) is 9.59 Å². The van der Waals surface area contributed by atoms with Crippen molar-refractivity contribution in [1.29, 1.82) is 0 Å². The van der Waals surface area contributed by atoms with Crippen molar-refractivity contribution in [3.05, 3.63) is 41.7 Å². The molecular weight excluding hydrogens is 311 g/mol. The molecule has 0 N–H and O–H groups in total. The van der Waals surface area contributed by atoms with E-state index in [2.05, 4.69) is 6.58 Å². The van der Waals surface area contributed by atoms with E-state index in [1.165, 1.54) is 12.1 Å². The zero-order valence-corrected chi connectivity index (χ0v) is 12.9. The highest BCUT2D eigenvalue weighted by Crippen LogP contribution is 2.27. The van der Waals surface area contributed by atoms with Crippen molar-refractivity contribution in [2.24, 2.45) is 0 Å². The van der Waals surface area contributed by atoms with Gasteiger partial charge < -0.3 is 9.47 Å². The molecule has 0 fully saturated rings. The molecule has 0 saturated carbocycles. The SMILES string of the molecule is C=CCCCCOC(=O)CCC(=O)Oc1c(F)cccc1Cl. The fourth-order valence-corrected chi connectivity index (χ4v) is 1.80. The van der Waals surface area contributed by atoms with Gasteiger partial charge in [-0.15, -0.1) is 6.58 Å². The van der Waals surface area contributed by atoms with Crippen molar-refractivity contribution < 1.29 is 23.5 Å².